The molecule has 0 bridgehead atoms. The van der Waals surface area contributed by atoms with E-state index in [0.717, 1.165) is 11.0 Å². The first-order valence-corrected chi connectivity index (χ1v) is 9.34. The van der Waals surface area contributed by atoms with Crippen LogP contribution in [0.5, 0.6) is 0 Å². The highest BCUT2D eigenvalue weighted by atomic mass is 32.2. The van der Waals surface area contributed by atoms with Crippen LogP contribution in [-0.2, 0) is 14.8 Å². The van der Waals surface area contributed by atoms with Crippen LogP contribution in [-0.4, -0.2) is 21.5 Å². The molecule has 0 saturated heterocycles. The van der Waals surface area contributed by atoms with Crippen LogP contribution in [0.2, 0.25) is 0 Å². The van der Waals surface area contributed by atoms with E-state index in [9.17, 15) is 13.2 Å². The summed E-state index contributed by atoms with van der Waals surface area (Å²) in [5, 5.41) is 9.26. The number of methoxy groups -OCH3 is 1. The Balaban J connectivity index is 1.96. The van der Waals surface area contributed by atoms with Gasteiger partial charge in [-0.3, -0.25) is 0 Å². The number of anilines is 1. The van der Waals surface area contributed by atoms with E-state index in [4.69, 9.17) is 14.3 Å². The number of sulfonamides is 1. The standard InChI is InChI=1S/C18H18N2O5S/c1-11(17-9-12-5-3-4-6-16(12)25-17)20-15-8-7-13(26(19,22)23)10-14(15)18(21)24-2/h3-11,20H,1-2H3,(H2,19,22,23). The van der Waals surface area contributed by atoms with E-state index in [-0.39, 0.29) is 16.5 Å². The highest BCUT2D eigenvalue weighted by Crippen LogP contribution is 2.28. The van der Waals surface area contributed by atoms with Gasteiger partial charge >= 0.3 is 5.97 Å². The number of hydrogen-bond acceptors (Lipinski definition) is 6. The van der Waals surface area contributed by atoms with Crippen molar-refractivity contribution in [3.05, 3.63) is 59.9 Å². The quantitative estimate of drug-likeness (QED) is 0.664. The Kier molecular flexibility index (Phi) is 4.71. The fourth-order valence-electron chi connectivity index (χ4n) is 2.63. The Morgan fingerprint density at radius 1 is 1.19 bits per heavy atom. The molecule has 0 fully saturated rings. The van der Waals surface area contributed by atoms with E-state index in [0.29, 0.717) is 11.4 Å². The molecular weight excluding hydrogens is 356 g/mol. The third-order valence-corrected chi connectivity index (χ3v) is 4.88. The summed E-state index contributed by atoms with van der Waals surface area (Å²) in [4.78, 5) is 11.9. The van der Waals surface area contributed by atoms with Crippen molar-refractivity contribution in [2.75, 3.05) is 12.4 Å². The molecule has 1 heterocycles. The third-order valence-electron chi connectivity index (χ3n) is 3.97. The van der Waals surface area contributed by atoms with Gasteiger partial charge in [0.15, 0.2) is 0 Å². The summed E-state index contributed by atoms with van der Waals surface area (Å²) in [6, 6.07) is 13.2. The van der Waals surface area contributed by atoms with Crippen molar-refractivity contribution in [2.24, 2.45) is 5.14 Å². The summed E-state index contributed by atoms with van der Waals surface area (Å²) >= 11 is 0. The number of nitrogens with two attached hydrogens (primary N) is 1. The predicted octanol–water partition coefficient (Wildman–Crippen LogP) is 3.04. The van der Waals surface area contributed by atoms with Crippen LogP contribution in [0, 0.1) is 0 Å². The number of rotatable bonds is 5. The third kappa shape index (κ3) is 3.56. The maximum atomic E-state index is 12.1. The van der Waals surface area contributed by atoms with Gasteiger partial charge in [0.2, 0.25) is 10.0 Å². The van der Waals surface area contributed by atoms with Gasteiger partial charge in [0.05, 0.1) is 23.6 Å². The van der Waals surface area contributed by atoms with Gasteiger partial charge in [-0.15, -0.1) is 0 Å². The second-order valence-electron chi connectivity index (χ2n) is 5.80. The Morgan fingerprint density at radius 3 is 2.58 bits per heavy atom. The Labute approximate surface area is 150 Å². The Morgan fingerprint density at radius 2 is 1.92 bits per heavy atom. The molecule has 2 aromatic carbocycles. The molecule has 0 aliphatic rings. The Bertz CT molecular complexity index is 1040. The summed E-state index contributed by atoms with van der Waals surface area (Å²) < 4.78 is 33.6. The molecule has 0 aliphatic heterocycles. The smallest absolute Gasteiger partial charge is 0.340 e. The van der Waals surface area contributed by atoms with E-state index in [1.54, 1.807) is 0 Å². The molecule has 26 heavy (non-hydrogen) atoms. The van der Waals surface area contributed by atoms with Crippen molar-refractivity contribution in [1.82, 2.24) is 0 Å². The van der Waals surface area contributed by atoms with E-state index in [1.807, 2.05) is 37.3 Å². The largest absolute Gasteiger partial charge is 0.465 e. The number of nitrogens with one attached hydrogen (secondary N) is 1. The van der Waals surface area contributed by atoms with Crippen molar-refractivity contribution in [1.29, 1.82) is 0 Å². The van der Waals surface area contributed by atoms with E-state index < -0.39 is 16.0 Å². The van der Waals surface area contributed by atoms with Crippen molar-refractivity contribution in [3.8, 4) is 0 Å². The normalized spacial score (nSPS) is 12.7. The van der Waals surface area contributed by atoms with E-state index in [1.165, 1.54) is 25.3 Å². The molecule has 7 nitrogen and oxygen atoms in total. The maximum absolute atomic E-state index is 12.1. The minimum Gasteiger partial charge on any atom is -0.465 e. The van der Waals surface area contributed by atoms with Gasteiger partial charge in [0.1, 0.15) is 11.3 Å². The van der Waals surface area contributed by atoms with Crippen LogP contribution in [0.3, 0.4) is 0 Å². The van der Waals surface area contributed by atoms with Crippen molar-refractivity contribution in [3.63, 3.8) is 0 Å². The van der Waals surface area contributed by atoms with Crippen LogP contribution < -0.4 is 10.5 Å². The average Bonchev–Trinajstić information content (AvgIpc) is 3.04. The molecule has 3 aromatic rings. The second-order valence-corrected chi connectivity index (χ2v) is 7.36. The Hall–Kier alpha value is -2.84. The molecule has 8 heteroatoms. The first-order valence-electron chi connectivity index (χ1n) is 7.80. The number of ether oxygens (including phenoxy) is 1. The fourth-order valence-corrected chi connectivity index (χ4v) is 3.17. The minimum atomic E-state index is -3.94. The number of para-hydroxylation sites is 1. The van der Waals surface area contributed by atoms with Gasteiger partial charge in [-0.25, -0.2) is 18.4 Å². The van der Waals surface area contributed by atoms with Crippen LogP contribution in [0.15, 0.2) is 57.8 Å². The molecule has 1 unspecified atom stereocenters. The van der Waals surface area contributed by atoms with Gasteiger partial charge in [-0.1, -0.05) is 18.2 Å². The first kappa shape index (κ1) is 18.0. The maximum Gasteiger partial charge on any atom is 0.340 e. The number of esters is 1. The SMILES string of the molecule is COC(=O)c1cc(S(N)(=O)=O)ccc1NC(C)c1cc2ccccc2o1. The second kappa shape index (κ2) is 6.81. The van der Waals surface area contributed by atoms with E-state index >= 15 is 0 Å². The molecular formula is C18H18N2O5S. The van der Waals surface area contributed by atoms with Crippen LogP contribution in [0.1, 0.15) is 29.1 Å². The summed E-state index contributed by atoms with van der Waals surface area (Å²) in [5.41, 5.74) is 1.24. The first-order chi connectivity index (χ1) is 12.3. The summed E-state index contributed by atoms with van der Waals surface area (Å²) in [5.74, 6) is 0.00680. The molecule has 3 rings (SSSR count). The molecule has 136 valence electrons. The molecule has 3 N–H and O–H groups in total. The van der Waals surface area contributed by atoms with Gasteiger partial charge in [-0.2, -0.15) is 0 Å². The lowest BCUT2D eigenvalue weighted by Gasteiger charge is -2.16. The molecule has 1 atom stereocenters. The highest BCUT2D eigenvalue weighted by Gasteiger charge is 2.19. The summed E-state index contributed by atoms with van der Waals surface area (Å²) in [7, 11) is -2.72. The van der Waals surface area contributed by atoms with E-state index in [2.05, 4.69) is 5.32 Å². The van der Waals surface area contributed by atoms with Gasteiger partial charge in [0, 0.05) is 11.1 Å². The van der Waals surface area contributed by atoms with Crippen LogP contribution in [0.25, 0.3) is 11.0 Å². The van der Waals surface area contributed by atoms with Crippen molar-refractivity contribution < 1.29 is 22.4 Å². The van der Waals surface area contributed by atoms with Crippen molar-refractivity contribution in [2.45, 2.75) is 17.9 Å². The lowest BCUT2D eigenvalue weighted by Crippen LogP contribution is -2.16. The number of primary sulfonamides is 1. The number of fused-ring (bicyclic) bond motifs is 1. The number of benzene rings is 2. The zero-order chi connectivity index (χ0) is 18.9. The number of carbonyl (C=O) groups is 1. The fraction of sp³-hybridized carbons (Fsp3) is 0.167. The van der Waals surface area contributed by atoms with Gasteiger partial charge in [0.25, 0.3) is 0 Å². The minimum absolute atomic E-state index is 0.0713. The van der Waals surface area contributed by atoms with Crippen LogP contribution >= 0.6 is 0 Å². The topological polar surface area (TPSA) is 112 Å². The van der Waals surface area contributed by atoms with Crippen LogP contribution in [0.4, 0.5) is 5.69 Å². The highest BCUT2D eigenvalue weighted by molar-refractivity contribution is 7.89. The summed E-state index contributed by atoms with van der Waals surface area (Å²) in [6.45, 7) is 1.87. The molecule has 0 saturated carbocycles. The molecule has 0 spiro atoms. The van der Waals surface area contributed by atoms with Gasteiger partial charge in [-0.05, 0) is 37.3 Å². The lowest BCUT2D eigenvalue weighted by atomic mass is 10.1. The number of hydrogen-bond donors (Lipinski definition) is 2. The van der Waals surface area contributed by atoms with Gasteiger partial charge < -0.3 is 14.5 Å². The predicted molar refractivity (Wildman–Crippen MR) is 97.4 cm³/mol. The lowest BCUT2D eigenvalue weighted by molar-refractivity contribution is 0.0601. The summed E-state index contributed by atoms with van der Waals surface area (Å²) in [6.07, 6.45) is 0. The zero-order valence-electron chi connectivity index (χ0n) is 14.2. The monoisotopic (exact) mass is 374 g/mol. The number of carbonyl (C=O) groups excluding carboxylic acids is 1. The molecule has 0 amide bonds. The molecule has 0 radical (unpaired) electrons. The number of furan rings is 1. The average molecular weight is 374 g/mol. The van der Waals surface area contributed by atoms with Crippen molar-refractivity contribution >= 4 is 32.6 Å². The molecule has 1 aromatic heterocycles. The molecule has 0 aliphatic carbocycles. The zero-order valence-corrected chi connectivity index (χ0v) is 15.0.